The number of carboxylic acid groups (broad SMARTS) is 1. The summed E-state index contributed by atoms with van der Waals surface area (Å²) in [6.45, 7) is 0. The van der Waals surface area contributed by atoms with Crippen LogP contribution >= 0.6 is 0 Å². The Hall–Kier alpha value is -3.46. The lowest BCUT2D eigenvalue weighted by molar-refractivity contribution is -0.141. The van der Waals surface area contributed by atoms with Crippen LogP contribution in [0.15, 0.2) is 36.4 Å². The standard InChI is InChI=1S/C19H22N2O7/c1-28-17-9-11(3-5-15(17)23)7-13(19(26)27)21-18(25)12(20)6-10-2-4-14(22)16(24)8-10/h2-5,8-9,12-13,22-24H,6-7,20H2,1H3,(H,21,25)(H,26,27). The van der Waals surface area contributed by atoms with Crippen LogP contribution in [0.2, 0.25) is 0 Å². The molecular formula is C19H22N2O7. The lowest BCUT2D eigenvalue weighted by Gasteiger charge is -2.18. The summed E-state index contributed by atoms with van der Waals surface area (Å²) in [6.07, 6.45) is 0.00345. The average molecular weight is 390 g/mol. The molecule has 150 valence electrons. The number of ether oxygens (including phenoxy) is 1. The largest absolute Gasteiger partial charge is 0.504 e. The van der Waals surface area contributed by atoms with Gasteiger partial charge < -0.3 is 36.2 Å². The summed E-state index contributed by atoms with van der Waals surface area (Å²) in [5.41, 5.74) is 6.89. The number of phenolic OH excluding ortho intramolecular Hbond substituents is 3. The number of carbonyl (C=O) groups excluding carboxylic acids is 1. The number of carboxylic acids is 1. The molecule has 7 N–H and O–H groups in total. The van der Waals surface area contributed by atoms with Gasteiger partial charge in [0.2, 0.25) is 5.91 Å². The Morgan fingerprint density at radius 3 is 2.18 bits per heavy atom. The maximum absolute atomic E-state index is 12.3. The number of hydrogen-bond acceptors (Lipinski definition) is 7. The minimum atomic E-state index is -1.24. The van der Waals surface area contributed by atoms with Gasteiger partial charge in [-0.25, -0.2) is 4.79 Å². The molecule has 9 heteroatoms. The summed E-state index contributed by atoms with van der Waals surface area (Å²) in [4.78, 5) is 23.8. The van der Waals surface area contributed by atoms with Crippen molar-refractivity contribution in [2.24, 2.45) is 5.73 Å². The van der Waals surface area contributed by atoms with E-state index in [1.165, 1.54) is 43.5 Å². The molecule has 0 aliphatic heterocycles. The molecule has 2 aromatic carbocycles. The Balaban J connectivity index is 2.05. The van der Waals surface area contributed by atoms with E-state index in [4.69, 9.17) is 10.5 Å². The number of rotatable bonds is 8. The van der Waals surface area contributed by atoms with Crippen molar-refractivity contribution in [2.75, 3.05) is 7.11 Å². The van der Waals surface area contributed by atoms with E-state index in [0.717, 1.165) is 0 Å². The number of aromatic hydroxyl groups is 3. The van der Waals surface area contributed by atoms with Gasteiger partial charge >= 0.3 is 5.97 Å². The van der Waals surface area contributed by atoms with Gasteiger partial charge in [0.05, 0.1) is 13.2 Å². The van der Waals surface area contributed by atoms with Crippen molar-refractivity contribution >= 4 is 11.9 Å². The first-order valence-corrected chi connectivity index (χ1v) is 8.36. The van der Waals surface area contributed by atoms with Crippen LogP contribution in [-0.4, -0.2) is 51.5 Å². The molecular weight excluding hydrogens is 368 g/mol. The third-order valence-corrected chi connectivity index (χ3v) is 4.13. The van der Waals surface area contributed by atoms with Gasteiger partial charge in [0.25, 0.3) is 0 Å². The van der Waals surface area contributed by atoms with E-state index >= 15 is 0 Å². The van der Waals surface area contributed by atoms with Crippen molar-refractivity contribution < 1.29 is 34.8 Å². The number of benzene rings is 2. The van der Waals surface area contributed by atoms with E-state index in [0.29, 0.717) is 11.1 Å². The molecule has 0 saturated carbocycles. The number of carbonyl (C=O) groups is 2. The smallest absolute Gasteiger partial charge is 0.326 e. The minimum absolute atomic E-state index is 0.0373. The monoisotopic (exact) mass is 390 g/mol. The van der Waals surface area contributed by atoms with E-state index in [-0.39, 0.29) is 35.8 Å². The van der Waals surface area contributed by atoms with E-state index in [1.54, 1.807) is 0 Å². The summed E-state index contributed by atoms with van der Waals surface area (Å²) in [7, 11) is 1.37. The van der Waals surface area contributed by atoms with E-state index < -0.39 is 24.0 Å². The van der Waals surface area contributed by atoms with Gasteiger partial charge in [-0.2, -0.15) is 0 Å². The highest BCUT2D eigenvalue weighted by atomic mass is 16.5. The van der Waals surface area contributed by atoms with Crippen LogP contribution in [0.3, 0.4) is 0 Å². The summed E-state index contributed by atoms with van der Waals surface area (Å²) in [6, 6.07) is 6.14. The number of methoxy groups -OCH3 is 1. The number of nitrogens with one attached hydrogen (secondary N) is 1. The molecule has 0 saturated heterocycles. The van der Waals surface area contributed by atoms with Gasteiger partial charge in [-0.1, -0.05) is 12.1 Å². The number of phenols is 3. The van der Waals surface area contributed by atoms with Crippen molar-refractivity contribution in [3.8, 4) is 23.0 Å². The predicted molar refractivity (Wildman–Crippen MR) is 99.4 cm³/mol. The van der Waals surface area contributed by atoms with Gasteiger partial charge in [0, 0.05) is 6.42 Å². The lowest BCUT2D eigenvalue weighted by Crippen LogP contribution is -2.50. The van der Waals surface area contributed by atoms with E-state index in [2.05, 4.69) is 5.32 Å². The van der Waals surface area contributed by atoms with Crippen molar-refractivity contribution in [3.05, 3.63) is 47.5 Å². The Labute approximate surface area is 161 Å². The summed E-state index contributed by atoms with van der Waals surface area (Å²) >= 11 is 0. The van der Waals surface area contributed by atoms with Crippen LogP contribution in [-0.2, 0) is 22.4 Å². The van der Waals surface area contributed by atoms with Crippen molar-refractivity contribution in [1.29, 1.82) is 0 Å². The van der Waals surface area contributed by atoms with Gasteiger partial charge in [0.15, 0.2) is 23.0 Å². The number of hydrogen-bond donors (Lipinski definition) is 6. The zero-order valence-corrected chi connectivity index (χ0v) is 15.1. The number of aliphatic carboxylic acids is 1. The molecule has 0 aliphatic carbocycles. The van der Waals surface area contributed by atoms with Gasteiger partial charge in [-0.3, -0.25) is 4.79 Å². The topological polar surface area (TPSA) is 162 Å². The number of amides is 1. The third-order valence-electron chi connectivity index (χ3n) is 4.13. The molecule has 2 unspecified atom stereocenters. The van der Waals surface area contributed by atoms with Crippen LogP contribution in [0.25, 0.3) is 0 Å². The van der Waals surface area contributed by atoms with Gasteiger partial charge in [-0.15, -0.1) is 0 Å². The second-order valence-corrected chi connectivity index (χ2v) is 6.24. The molecule has 2 atom stereocenters. The number of nitrogens with two attached hydrogens (primary N) is 1. The molecule has 0 bridgehead atoms. The SMILES string of the molecule is COc1cc(CC(NC(=O)C(N)Cc2ccc(O)c(O)c2)C(=O)O)ccc1O. The normalized spacial score (nSPS) is 12.8. The highest BCUT2D eigenvalue weighted by molar-refractivity contribution is 5.87. The zero-order chi connectivity index (χ0) is 20.8. The third kappa shape index (κ3) is 5.27. The summed E-state index contributed by atoms with van der Waals surface area (Å²) < 4.78 is 4.99. The molecule has 0 aromatic heterocycles. The maximum atomic E-state index is 12.3. The summed E-state index contributed by atoms with van der Waals surface area (Å²) in [5, 5.41) is 40.2. The molecule has 2 aromatic rings. The second kappa shape index (κ2) is 8.96. The molecule has 0 spiro atoms. The highest BCUT2D eigenvalue weighted by Crippen LogP contribution is 2.27. The van der Waals surface area contributed by atoms with Crippen LogP contribution in [0.4, 0.5) is 0 Å². The molecule has 9 nitrogen and oxygen atoms in total. The molecule has 0 fully saturated rings. The zero-order valence-electron chi connectivity index (χ0n) is 15.1. The fraction of sp³-hybridized carbons (Fsp3) is 0.263. The predicted octanol–water partition coefficient (Wildman–Crippen LogP) is 0.494. The van der Waals surface area contributed by atoms with E-state index in [1.807, 2.05) is 0 Å². The molecule has 1 amide bonds. The average Bonchev–Trinajstić information content (AvgIpc) is 2.65. The van der Waals surface area contributed by atoms with Gasteiger partial charge in [-0.05, 0) is 41.8 Å². The lowest BCUT2D eigenvalue weighted by atomic mass is 10.0. The van der Waals surface area contributed by atoms with Crippen molar-refractivity contribution in [2.45, 2.75) is 24.9 Å². The molecule has 0 heterocycles. The molecule has 28 heavy (non-hydrogen) atoms. The Morgan fingerprint density at radius 1 is 1.00 bits per heavy atom. The van der Waals surface area contributed by atoms with Gasteiger partial charge in [0.1, 0.15) is 6.04 Å². The Morgan fingerprint density at radius 2 is 1.61 bits per heavy atom. The second-order valence-electron chi connectivity index (χ2n) is 6.24. The highest BCUT2D eigenvalue weighted by Gasteiger charge is 2.24. The van der Waals surface area contributed by atoms with Crippen molar-refractivity contribution in [3.63, 3.8) is 0 Å². The first-order valence-electron chi connectivity index (χ1n) is 8.36. The molecule has 2 rings (SSSR count). The quantitative estimate of drug-likeness (QED) is 0.355. The minimum Gasteiger partial charge on any atom is -0.504 e. The van der Waals surface area contributed by atoms with Crippen LogP contribution in [0.1, 0.15) is 11.1 Å². The van der Waals surface area contributed by atoms with Crippen molar-refractivity contribution in [1.82, 2.24) is 5.32 Å². The molecule has 0 radical (unpaired) electrons. The first-order chi connectivity index (χ1) is 13.2. The fourth-order valence-corrected chi connectivity index (χ4v) is 2.61. The first kappa shape index (κ1) is 20.8. The van der Waals surface area contributed by atoms with Crippen LogP contribution in [0.5, 0.6) is 23.0 Å². The van der Waals surface area contributed by atoms with Crippen LogP contribution in [0, 0.1) is 0 Å². The van der Waals surface area contributed by atoms with E-state index in [9.17, 15) is 30.0 Å². The van der Waals surface area contributed by atoms with Crippen LogP contribution < -0.4 is 15.8 Å². The maximum Gasteiger partial charge on any atom is 0.326 e. The molecule has 0 aliphatic rings. The Kier molecular flexibility index (Phi) is 6.67. The summed E-state index contributed by atoms with van der Waals surface area (Å²) in [5.74, 6) is -2.44. The Bertz CT molecular complexity index is 869. The fourth-order valence-electron chi connectivity index (χ4n) is 2.61.